The minimum absolute atomic E-state index is 0.251. The first-order valence-corrected chi connectivity index (χ1v) is 8.18. The number of aryl methyl sites for hydroxylation is 1. The number of hydrogen-bond acceptors (Lipinski definition) is 3. The van der Waals surface area contributed by atoms with Crippen molar-refractivity contribution in [2.75, 3.05) is 26.2 Å². The SMILES string of the molecule is COc1cc(C)cc(OC)c1OCC1(CBr)CCCC1. The van der Waals surface area contributed by atoms with E-state index in [0.717, 1.165) is 22.4 Å². The Hall–Kier alpha value is -0.900. The Balaban J connectivity index is 2.19. The Morgan fingerprint density at radius 2 is 1.65 bits per heavy atom. The lowest BCUT2D eigenvalue weighted by atomic mass is 9.90. The summed E-state index contributed by atoms with van der Waals surface area (Å²) >= 11 is 3.65. The lowest BCUT2D eigenvalue weighted by molar-refractivity contribution is 0.163. The normalized spacial score (nSPS) is 17.0. The maximum absolute atomic E-state index is 6.10. The van der Waals surface area contributed by atoms with Gasteiger partial charge in [0.25, 0.3) is 0 Å². The molecular weight excluding hydrogens is 320 g/mol. The highest BCUT2D eigenvalue weighted by Crippen LogP contribution is 2.43. The molecule has 0 aliphatic heterocycles. The maximum Gasteiger partial charge on any atom is 0.203 e. The van der Waals surface area contributed by atoms with Crippen molar-refractivity contribution in [1.82, 2.24) is 0 Å². The predicted molar refractivity (Wildman–Crippen MR) is 84.5 cm³/mol. The fraction of sp³-hybridized carbons (Fsp3) is 0.625. The summed E-state index contributed by atoms with van der Waals surface area (Å²) in [4.78, 5) is 0. The topological polar surface area (TPSA) is 27.7 Å². The average Bonchev–Trinajstić information content (AvgIpc) is 2.94. The quantitative estimate of drug-likeness (QED) is 0.719. The van der Waals surface area contributed by atoms with Crippen LogP contribution in [0.25, 0.3) is 0 Å². The van der Waals surface area contributed by atoms with Gasteiger partial charge in [0.15, 0.2) is 11.5 Å². The van der Waals surface area contributed by atoms with Gasteiger partial charge in [-0.25, -0.2) is 0 Å². The van der Waals surface area contributed by atoms with Crippen molar-refractivity contribution in [3.63, 3.8) is 0 Å². The van der Waals surface area contributed by atoms with Gasteiger partial charge < -0.3 is 14.2 Å². The van der Waals surface area contributed by atoms with Crippen molar-refractivity contribution in [1.29, 1.82) is 0 Å². The molecule has 1 aromatic carbocycles. The number of ether oxygens (including phenoxy) is 3. The zero-order chi connectivity index (χ0) is 14.6. The molecule has 0 amide bonds. The molecule has 1 aliphatic carbocycles. The summed E-state index contributed by atoms with van der Waals surface area (Å²) in [5.74, 6) is 2.20. The van der Waals surface area contributed by atoms with Crippen molar-refractivity contribution in [3.8, 4) is 17.2 Å². The van der Waals surface area contributed by atoms with Gasteiger partial charge in [0, 0.05) is 10.7 Å². The van der Waals surface area contributed by atoms with Crippen molar-refractivity contribution >= 4 is 15.9 Å². The van der Waals surface area contributed by atoms with Crippen LogP contribution >= 0.6 is 15.9 Å². The highest BCUT2D eigenvalue weighted by atomic mass is 79.9. The van der Waals surface area contributed by atoms with Crippen molar-refractivity contribution < 1.29 is 14.2 Å². The first-order valence-electron chi connectivity index (χ1n) is 7.05. The Morgan fingerprint density at radius 1 is 1.10 bits per heavy atom. The second kappa shape index (κ2) is 6.70. The summed E-state index contributed by atoms with van der Waals surface area (Å²) in [5.41, 5.74) is 1.35. The zero-order valence-corrected chi connectivity index (χ0v) is 14.1. The van der Waals surface area contributed by atoms with Crippen molar-refractivity contribution in [2.24, 2.45) is 5.41 Å². The lowest BCUT2D eigenvalue weighted by Gasteiger charge is -2.27. The zero-order valence-electron chi connectivity index (χ0n) is 12.5. The minimum Gasteiger partial charge on any atom is -0.493 e. The molecule has 3 nitrogen and oxygen atoms in total. The number of methoxy groups -OCH3 is 2. The molecule has 0 radical (unpaired) electrons. The van der Waals surface area contributed by atoms with Crippen LogP contribution < -0.4 is 14.2 Å². The van der Waals surface area contributed by atoms with Crippen LogP contribution in [0.4, 0.5) is 0 Å². The van der Waals surface area contributed by atoms with Gasteiger partial charge in [0.1, 0.15) is 0 Å². The Labute approximate surface area is 129 Å². The lowest BCUT2D eigenvalue weighted by Crippen LogP contribution is -2.27. The van der Waals surface area contributed by atoms with Gasteiger partial charge in [-0.15, -0.1) is 0 Å². The maximum atomic E-state index is 6.10. The third-order valence-corrected chi connectivity index (χ3v) is 5.26. The van der Waals surface area contributed by atoms with E-state index in [1.165, 1.54) is 25.7 Å². The Morgan fingerprint density at radius 3 is 2.10 bits per heavy atom. The van der Waals surface area contributed by atoms with E-state index in [0.29, 0.717) is 12.4 Å². The molecule has 20 heavy (non-hydrogen) atoms. The highest BCUT2D eigenvalue weighted by molar-refractivity contribution is 9.09. The van der Waals surface area contributed by atoms with Crippen LogP contribution in [0, 0.1) is 12.3 Å². The third kappa shape index (κ3) is 3.22. The molecule has 0 atom stereocenters. The summed E-state index contributed by atoms with van der Waals surface area (Å²) < 4.78 is 17.0. The van der Waals surface area contributed by atoms with Gasteiger partial charge in [-0.05, 0) is 37.5 Å². The van der Waals surface area contributed by atoms with Crippen LogP contribution in [0.1, 0.15) is 31.2 Å². The van der Waals surface area contributed by atoms with Gasteiger partial charge in [0.05, 0.1) is 20.8 Å². The highest BCUT2D eigenvalue weighted by Gasteiger charge is 2.34. The van der Waals surface area contributed by atoms with E-state index in [-0.39, 0.29) is 5.41 Å². The second-order valence-electron chi connectivity index (χ2n) is 5.63. The molecule has 1 aromatic rings. The molecule has 0 bridgehead atoms. The molecule has 112 valence electrons. The summed E-state index contributed by atoms with van der Waals surface area (Å²) in [6.45, 7) is 2.72. The standard InChI is InChI=1S/C16H23BrO3/c1-12-8-13(18-2)15(14(9-12)19-3)20-11-16(10-17)6-4-5-7-16/h8-9H,4-7,10-11H2,1-3H3. The molecule has 0 N–H and O–H groups in total. The second-order valence-corrected chi connectivity index (χ2v) is 6.19. The molecule has 1 saturated carbocycles. The van der Waals surface area contributed by atoms with E-state index in [9.17, 15) is 0 Å². The van der Waals surface area contributed by atoms with Crippen molar-refractivity contribution in [2.45, 2.75) is 32.6 Å². The summed E-state index contributed by atoms with van der Waals surface area (Å²) in [6, 6.07) is 3.96. The molecule has 1 fully saturated rings. The van der Waals surface area contributed by atoms with Crippen LogP contribution in [0.5, 0.6) is 17.2 Å². The Bertz CT molecular complexity index is 428. The summed E-state index contributed by atoms with van der Waals surface area (Å²) in [5, 5.41) is 0.983. The van der Waals surface area contributed by atoms with E-state index in [1.54, 1.807) is 14.2 Å². The third-order valence-electron chi connectivity index (χ3n) is 4.08. The van der Waals surface area contributed by atoms with E-state index >= 15 is 0 Å². The van der Waals surface area contributed by atoms with E-state index in [2.05, 4.69) is 15.9 Å². The summed E-state index contributed by atoms with van der Waals surface area (Å²) in [7, 11) is 3.33. The van der Waals surface area contributed by atoms with E-state index in [4.69, 9.17) is 14.2 Å². The molecule has 4 heteroatoms. The number of rotatable bonds is 6. The predicted octanol–water partition coefficient (Wildman–Crippen LogP) is 4.35. The molecule has 1 aliphatic rings. The summed E-state index contributed by atoms with van der Waals surface area (Å²) in [6.07, 6.45) is 5.01. The molecule has 0 heterocycles. The fourth-order valence-electron chi connectivity index (χ4n) is 2.82. The van der Waals surface area contributed by atoms with Crippen LogP contribution in [-0.4, -0.2) is 26.2 Å². The molecule has 0 unspecified atom stereocenters. The first-order chi connectivity index (χ1) is 9.64. The molecule has 0 aromatic heterocycles. The van der Waals surface area contributed by atoms with Gasteiger partial charge in [-0.2, -0.15) is 0 Å². The van der Waals surface area contributed by atoms with Gasteiger partial charge in [-0.1, -0.05) is 28.8 Å². The largest absolute Gasteiger partial charge is 0.493 e. The van der Waals surface area contributed by atoms with Gasteiger partial charge in [-0.3, -0.25) is 0 Å². The first kappa shape index (κ1) is 15.5. The van der Waals surface area contributed by atoms with Gasteiger partial charge >= 0.3 is 0 Å². The van der Waals surface area contributed by atoms with Crippen LogP contribution in [0.15, 0.2) is 12.1 Å². The van der Waals surface area contributed by atoms with Gasteiger partial charge in [0.2, 0.25) is 5.75 Å². The smallest absolute Gasteiger partial charge is 0.203 e. The fourth-order valence-corrected chi connectivity index (χ4v) is 3.54. The number of benzene rings is 1. The molecule has 0 spiro atoms. The molecule has 2 rings (SSSR count). The average molecular weight is 343 g/mol. The number of halogens is 1. The monoisotopic (exact) mass is 342 g/mol. The van der Waals surface area contributed by atoms with E-state index < -0.39 is 0 Å². The molecular formula is C16H23BrO3. The number of alkyl halides is 1. The minimum atomic E-state index is 0.251. The number of hydrogen-bond donors (Lipinski definition) is 0. The van der Waals surface area contributed by atoms with Crippen LogP contribution in [0.3, 0.4) is 0 Å². The van der Waals surface area contributed by atoms with Crippen LogP contribution in [0.2, 0.25) is 0 Å². The van der Waals surface area contributed by atoms with Crippen LogP contribution in [-0.2, 0) is 0 Å². The molecule has 0 saturated heterocycles. The van der Waals surface area contributed by atoms with Crippen molar-refractivity contribution in [3.05, 3.63) is 17.7 Å². The Kier molecular flexibility index (Phi) is 5.19. The van der Waals surface area contributed by atoms with E-state index in [1.807, 2.05) is 19.1 Å².